The Morgan fingerprint density at radius 3 is 2.80 bits per heavy atom. The van der Waals surface area contributed by atoms with Gasteiger partial charge in [-0.2, -0.15) is 0 Å². The molecule has 1 aliphatic heterocycles. The van der Waals surface area contributed by atoms with E-state index in [0.717, 1.165) is 12.0 Å². The SMILES string of the molecule is CC1CCCC(C)(c2ccccc2O)N1. The van der Waals surface area contributed by atoms with E-state index in [1.165, 1.54) is 12.8 Å². The average Bonchev–Trinajstić information content (AvgIpc) is 2.17. The summed E-state index contributed by atoms with van der Waals surface area (Å²) in [4.78, 5) is 0. The fourth-order valence-electron chi connectivity index (χ4n) is 2.60. The summed E-state index contributed by atoms with van der Waals surface area (Å²) in [5.74, 6) is 0.404. The molecule has 82 valence electrons. The lowest BCUT2D eigenvalue weighted by molar-refractivity contribution is 0.230. The third-order valence-corrected chi connectivity index (χ3v) is 3.38. The molecule has 1 saturated heterocycles. The van der Waals surface area contributed by atoms with Gasteiger partial charge in [0, 0.05) is 17.1 Å². The third kappa shape index (κ3) is 2.00. The van der Waals surface area contributed by atoms with Crippen LogP contribution in [0.4, 0.5) is 0 Å². The molecule has 0 saturated carbocycles. The summed E-state index contributed by atoms with van der Waals surface area (Å²) in [7, 11) is 0. The van der Waals surface area contributed by atoms with Gasteiger partial charge in [0.15, 0.2) is 0 Å². The minimum atomic E-state index is -0.0665. The molecule has 2 N–H and O–H groups in total. The third-order valence-electron chi connectivity index (χ3n) is 3.38. The molecular formula is C13H19NO. The number of piperidine rings is 1. The zero-order valence-corrected chi connectivity index (χ0v) is 9.46. The number of benzene rings is 1. The molecule has 0 amide bonds. The zero-order chi connectivity index (χ0) is 10.9. The van der Waals surface area contributed by atoms with Crippen LogP contribution in [0.5, 0.6) is 5.75 Å². The largest absolute Gasteiger partial charge is 0.508 e. The fraction of sp³-hybridized carbons (Fsp3) is 0.538. The zero-order valence-electron chi connectivity index (χ0n) is 9.46. The lowest BCUT2D eigenvalue weighted by Gasteiger charge is -2.39. The van der Waals surface area contributed by atoms with Gasteiger partial charge in [0.1, 0.15) is 5.75 Å². The van der Waals surface area contributed by atoms with Gasteiger partial charge < -0.3 is 10.4 Å². The van der Waals surface area contributed by atoms with Crippen molar-refractivity contribution < 1.29 is 5.11 Å². The first-order chi connectivity index (χ1) is 7.12. The van der Waals surface area contributed by atoms with E-state index in [4.69, 9.17) is 0 Å². The summed E-state index contributed by atoms with van der Waals surface area (Å²) < 4.78 is 0. The number of hydrogen-bond acceptors (Lipinski definition) is 2. The minimum absolute atomic E-state index is 0.0665. The van der Waals surface area contributed by atoms with E-state index in [9.17, 15) is 5.11 Å². The van der Waals surface area contributed by atoms with Crippen LogP contribution >= 0.6 is 0 Å². The second-order valence-corrected chi connectivity index (χ2v) is 4.79. The molecule has 0 aliphatic carbocycles. The normalized spacial score (nSPS) is 31.5. The van der Waals surface area contributed by atoms with Gasteiger partial charge in [-0.3, -0.25) is 0 Å². The van der Waals surface area contributed by atoms with Crippen LogP contribution in [0.3, 0.4) is 0 Å². The van der Waals surface area contributed by atoms with Crippen molar-refractivity contribution in [1.29, 1.82) is 0 Å². The van der Waals surface area contributed by atoms with Gasteiger partial charge in [-0.1, -0.05) is 18.2 Å². The minimum Gasteiger partial charge on any atom is -0.508 e. The molecule has 15 heavy (non-hydrogen) atoms. The summed E-state index contributed by atoms with van der Waals surface area (Å²) in [5.41, 5.74) is 0.958. The number of nitrogens with one attached hydrogen (secondary N) is 1. The van der Waals surface area contributed by atoms with Gasteiger partial charge in [0.05, 0.1) is 0 Å². The Bertz CT molecular complexity index is 350. The highest BCUT2D eigenvalue weighted by molar-refractivity contribution is 5.37. The molecule has 1 aromatic rings. The second-order valence-electron chi connectivity index (χ2n) is 4.79. The van der Waals surface area contributed by atoms with E-state index >= 15 is 0 Å². The Hall–Kier alpha value is -1.02. The molecule has 2 unspecified atom stereocenters. The molecule has 1 fully saturated rings. The molecule has 0 spiro atoms. The van der Waals surface area contributed by atoms with Crippen molar-refractivity contribution in [2.45, 2.75) is 44.7 Å². The molecule has 1 heterocycles. The predicted octanol–water partition coefficient (Wildman–Crippen LogP) is 2.77. The topological polar surface area (TPSA) is 32.3 Å². The lowest BCUT2D eigenvalue weighted by Crippen LogP contribution is -2.48. The number of rotatable bonds is 1. The molecule has 0 aromatic heterocycles. The molecule has 2 heteroatoms. The summed E-state index contributed by atoms with van der Waals surface area (Å²) in [6.45, 7) is 4.38. The van der Waals surface area contributed by atoms with Crippen LogP contribution in [-0.4, -0.2) is 11.1 Å². The number of phenolic OH excluding ortho intramolecular Hbond substituents is 1. The highest BCUT2D eigenvalue weighted by Gasteiger charge is 2.32. The van der Waals surface area contributed by atoms with Crippen LogP contribution in [0, 0.1) is 0 Å². The quantitative estimate of drug-likeness (QED) is 0.739. The number of hydrogen-bond donors (Lipinski definition) is 2. The summed E-state index contributed by atoms with van der Waals surface area (Å²) in [6.07, 6.45) is 3.54. The van der Waals surface area contributed by atoms with E-state index < -0.39 is 0 Å². The molecule has 0 radical (unpaired) electrons. The first-order valence-electron chi connectivity index (χ1n) is 5.68. The lowest BCUT2D eigenvalue weighted by atomic mass is 9.81. The van der Waals surface area contributed by atoms with Gasteiger partial charge in [-0.15, -0.1) is 0 Å². The van der Waals surface area contributed by atoms with Gasteiger partial charge in [0.25, 0.3) is 0 Å². The molecule has 2 nitrogen and oxygen atoms in total. The van der Waals surface area contributed by atoms with Crippen LogP contribution in [0.25, 0.3) is 0 Å². The maximum atomic E-state index is 9.87. The highest BCUT2D eigenvalue weighted by atomic mass is 16.3. The van der Waals surface area contributed by atoms with Gasteiger partial charge in [-0.25, -0.2) is 0 Å². The Morgan fingerprint density at radius 2 is 2.13 bits per heavy atom. The maximum absolute atomic E-state index is 9.87. The number of aromatic hydroxyl groups is 1. The van der Waals surface area contributed by atoms with E-state index in [0.29, 0.717) is 11.8 Å². The van der Waals surface area contributed by atoms with Crippen LogP contribution < -0.4 is 5.32 Å². The van der Waals surface area contributed by atoms with Crippen LogP contribution in [0.1, 0.15) is 38.7 Å². The van der Waals surface area contributed by atoms with Crippen molar-refractivity contribution in [2.24, 2.45) is 0 Å². The summed E-state index contributed by atoms with van der Waals surface area (Å²) in [5, 5.41) is 13.5. The van der Waals surface area contributed by atoms with E-state index in [1.54, 1.807) is 6.07 Å². The van der Waals surface area contributed by atoms with Crippen molar-refractivity contribution in [3.63, 3.8) is 0 Å². The Labute approximate surface area is 91.3 Å². The van der Waals surface area contributed by atoms with Crippen molar-refractivity contribution in [3.8, 4) is 5.75 Å². The van der Waals surface area contributed by atoms with Crippen molar-refractivity contribution in [1.82, 2.24) is 5.32 Å². The first-order valence-corrected chi connectivity index (χ1v) is 5.68. The predicted molar refractivity (Wildman–Crippen MR) is 61.9 cm³/mol. The fourth-order valence-corrected chi connectivity index (χ4v) is 2.60. The summed E-state index contributed by atoms with van der Waals surface area (Å²) >= 11 is 0. The van der Waals surface area contributed by atoms with Gasteiger partial charge >= 0.3 is 0 Å². The monoisotopic (exact) mass is 205 g/mol. The number of para-hydroxylation sites is 1. The van der Waals surface area contributed by atoms with E-state index in [1.807, 2.05) is 18.2 Å². The number of phenols is 1. The molecular weight excluding hydrogens is 186 g/mol. The smallest absolute Gasteiger partial charge is 0.120 e. The van der Waals surface area contributed by atoms with Crippen molar-refractivity contribution >= 4 is 0 Å². The Morgan fingerprint density at radius 1 is 1.40 bits per heavy atom. The van der Waals surface area contributed by atoms with Crippen molar-refractivity contribution in [2.75, 3.05) is 0 Å². The van der Waals surface area contributed by atoms with Crippen molar-refractivity contribution in [3.05, 3.63) is 29.8 Å². The molecule has 1 aliphatic rings. The van der Waals surface area contributed by atoms with Crippen LogP contribution in [-0.2, 0) is 5.54 Å². The molecule has 0 bridgehead atoms. The molecule has 1 aromatic carbocycles. The standard InChI is InChI=1S/C13H19NO/c1-10-6-5-9-13(2,14-10)11-7-3-4-8-12(11)15/h3-4,7-8,10,14-15H,5-6,9H2,1-2H3. The van der Waals surface area contributed by atoms with Gasteiger partial charge in [0.2, 0.25) is 0 Å². The average molecular weight is 205 g/mol. The second kappa shape index (κ2) is 3.86. The molecule has 2 atom stereocenters. The van der Waals surface area contributed by atoms with E-state index in [2.05, 4.69) is 19.2 Å². The molecule has 2 rings (SSSR count). The van der Waals surface area contributed by atoms with Gasteiger partial charge in [-0.05, 0) is 39.2 Å². The van der Waals surface area contributed by atoms with Crippen LogP contribution in [0.15, 0.2) is 24.3 Å². The Kier molecular flexibility index (Phi) is 2.70. The first kappa shape index (κ1) is 10.5. The summed E-state index contributed by atoms with van der Waals surface area (Å²) in [6, 6.07) is 8.17. The highest BCUT2D eigenvalue weighted by Crippen LogP contribution is 2.36. The van der Waals surface area contributed by atoms with E-state index in [-0.39, 0.29) is 5.54 Å². The van der Waals surface area contributed by atoms with Crippen LogP contribution in [0.2, 0.25) is 0 Å². The Balaban J connectivity index is 2.32. The maximum Gasteiger partial charge on any atom is 0.120 e.